The quantitative estimate of drug-likeness (QED) is 0.790. The molecule has 98 valence electrons. The highest BCUT2D eigenvalue weighted by atomic mass is 32.2. The Morgan fingerprint density at radius 2 is 2.22 bits per heavy atom. The number of thioether (sulfide) groups is 1. The van der Waals surface area contributed by atoms with Gasteiger partial charge >= 0.3 is 0 Å². The Morgan fingerprint density at radius 3 is 2.83 bits per heavy atom. The van der Waals surface area contributed by atoms with Gasteiger partial charge in [0.15, 0.2) is 0 Å². The molecule has 3 N–H and O–H groups in total. The van der Waals surface area contributed by atoms with Crippen LogP contribution < -0.4 is 11.1 Å². The van der Waals surface area contributed by atoms with Crippen molar-refractivity contribution in [2.75, 3.05) is 5.75 Å². The van der Waals surface area contributed by atoms with Crippen LogP contribution in [-0.4, -0.2) is 23.7 Å². The van der Waals surface area contributed by atoms with Crippen molar-refractivity contribution in [1.82, 2.24) is 5.32 Å². The van der Waals surface area contributed by atoms with E-state index < -0.39 is 0 Å². The van der Waals surface area contributed by atoms with Gasteiger partial charge in [-0.2, -0.15) is 11.8 Å². The van der Waals surface area contributed by atoms with E-state index in [1.54, 1.807) is 11.8 Å². The lowest BCUT2D eigenvalue weighted by Crippen LogP contribution is -2.44. The van der Waals surface area contributed by atoms with Gasteiger partial charge in [0.25, 0.3) is 0 Å². The maximum absolute atomic E-state index is 11.3. The fourth-order valence-electron chi connectivity index (χ4n) is 1.81. The Balaban J connectivity index is 1.79. The Bertz CT molecular complexity index is 418. The van der Waals surface area contributed by atoms with Gasteiger partial charge in [0.2, 0.25) is 5.91 Å². The highest BCUT2D eigenvalue weighted by molar-refractivity contribution is 7.98. The van der Waals surface area contributed by atoms with Gasteiger partial charge in [0.1, 0.15) is 0 Å². The second-order valence-electron chi connectivity index (χ2n) is 4.84. The van der Waals surface area contributed by atoms with Crippen molar-refractivity contribution < 1.29 is 4.79 Å². The van der Waals surface area contributed by atoms with Gasteiger partial charge in [-0.1, -0.05) is 24.3 Å². The molecule has 1 unspecified atom stereocenters. The molecule has 1 saturated carbocycles. The number of nitrogens with two attached hydrogens (primary N) is 1. The molecule has 1 aliphatic carbocycles. The maximum atomic E-state index is 11.3. The first-order valence-corrected chi connectivity index (χ1v) is 7.50. The Morgan fingerprint density at radius 1 is 1.50 bits per heavy atom. The molecular formula is C14H20N2OS. The van der Waals surface area contributed by atoms with Gasteiger partial charge in [0, 0.05) is 17.5 Å². The van der Waals surface area contributed by atoms with Crippen LogP contribution in [0.25, 0.3) is 0 Å². The van der Waals surface area contributed by atoms with Crippen LogP contribution in [0.5, 0.6) is 0 Å². The van der Waals surface area contributed by atoms with Crippen molar-refractivity contribution in [2.24, 2.45) is 5.73 Å². The average Bonchev–Trinajstić information content (AvgIpc) is 3.14. The number of primary amides is 1. The SMILES string of the molecule is Cc1ccccc1CSCC(NC1CC1)C(N)=O. The highest BCUT2D eigenvalue weighted by Gasteiger charge is 2.26. The summed E-state index contributed by atoms with van der Waals surface area (Å²) in [5, 5.41) is 3.30. The van der Waals surface area contributed by atoms with E-state index in [0.717, 1.165) is 11.5 Å². The summed E-state index contributed by atoms with van der Waals surface area (Å²) in [4.78, 5) is 11.3. The molecule has 0 radical (unpaired) electrons. The van der Waals surface area contributed by atoms with E-state index in [2.05, 4.69) is 30.4 Å². The van der Waals surface area contributed by atoms with Crippen LogP contribution >= 0.6 is 11.8 Å². The molecule has 0 saturated heterocycles. The van der Waals surface area contributed by atoms with E-state index in [4.69, 9.17) is 5.73 Å². The van der Waals surface area contributed by atoms with Crippen molar-refractivity contribution in [2.45, 2.75) is 37.6 Å². The fraction of sp³-hybridized carbons (Fsp3) is 0.500. The second kappa shape index (κ2) is 6.25. The van der Waals surface area contributed by atoms with E-state index in [0.29, 0.717) is 6.04 Å². The molecule has 1 aliphatic rings. The average molecular weight is 264 g/mol. The Labute approximate surface area is 113 Å². The molecule has 1 atom stereocenters. The smallest absolute Gasteiger partial charge is 0.235 e. The van der Waals surface area contributed by atoms with Crippen LogP contribution in [0.3, 0.4) is 0 Å². The topological polar surface area (TPSA) is 55.1 Å². The third-order valence-electron chi connectivity index (χ3n) is 3.16. The predicted molar refractivity (Wildman–Crippen MR) is 76.5 cm³/mol. The molecule has 1 aromatic carbocycles. The van der Waals surface area contributed by atoms with Crippen molar-refractivity contribution in [3.8, 4) is 0 Å². The zero-order valence-corrected chi connectivity index (χ0v) is 11.5. The molecule has 18 heavy (non-hydrogen) atoms. The van der Waals surface area contributed by atoms with Gasteiger partial charge in [-0.3, -0.25) is 4.79 Å². The first kappa shape index (κ1) is 13.4. The van der Waals surface area contributed by atoms with Gasteiger partial charge in [0.05, 0.1) is 6.04 Å². The summed E-state index contributed by atoms with van der Waals surface area (Å²) in [5.74, 6) is 1.45. The van der Waals surface area contributed by atoms with Gasteiger partial charge in [-0.15, -0.1) is 0 Å². The molecule has 3 nitrogen and oxygen atoms in total. The molecule has 1 aromatic rings. The third kappa shape index (κ3) is 4.03. The summed E-state index contributed by atoms with van der Waals surface area (Å²) in [6.45, 7) is 2.11. The molecule has 1 amide bonds. The number of amides is 1. The largest absolute Gasteiger partial charge is 0.368 e. The molecule has 2 rings (SSSR count). The van der Waals surface area contributed by atoms with Crippen molar-refractivity contribution in [1.29, 1.82) is 0 Å². The molecule has 0 bridgehead atoms. The second-order valence-corrected chi connectivity index (χ2v) is 5.87. The molecule has 1 fully saturated rings. The third-order valence-corrected chi connectivity index (χ3v) is 4.25. The summed E-state index contributed by atoms with van der Waals surface area (Å²) in [6, 6.07) is 8.68. The van der Waals surface area contributed by atoms with Gasteiger partial charge in [-0.25, -0.2) is 0 Å². The molecular weight excluding hydrogens is 244 g/mol. The number of benzene rings is 1. The predicted octanol–water partition coefficient (Wildman–Crippen LogP) is 1.83. The number of carbonyl (C=O) groups is 1. The first-order chi connectivity index (χ1) is 8.66. The zero-order valence-electron chi connectivity index (χ0n) is 10.7. The first-order valence-electron chi connectivity index (χ1n) is 6.34. The Hall–Kier alpha value is -1.00. The Kier molecular flexibility index (Phi) is 4.66. The number of aryl methyl sites for hydroxylation is 1. The fourth-order valence-corrected chi connectivity index (χ4v) is 2.96. The lowest BCUT2D eigenvalue weighted by atomic mass is 10.1. The van der Waals surface area contributed by atoms with Crippen molar-refractivity contribution in [3.63, 3.8) is 0 Å². The molecule has 0 aliphatic heterocycles. The van der Waals surface area contributed by atoms with Crippen molar-refractivity contribution >= 4 is 17.7 Å². The maximum Gasteiger partial charge on any atom is 0.235 e. The summed E-state index contributed by atoms with van der Waals surface area (Å²) in [6.07, 6.45) is 2.35. The summed E-state index contributed by atoms with van der Waals surface area (Å²) in [7, 11) is 0. The highest BCUT2D eigenvalue weighted by Crippen LogP contribution is 2.21. The van der Waals surface area contributed by atoms with E-state index in [9.17, 15) is 4.79 Å². The van der Waals surface area contributed by atoms with E-state index in [-0.39, 0.29) is 11.9 Å². The van der Waals surface area contributed by atoms with Crippen molar-refractivity contribution in [3.05, 3.63) is 35.4 Å². The van der Waals surface area contributed by atoms with E-state index in [1.807, 2.05) is 6.07 Å². The number of hydrogen-bond acceptors (Lipinski definition) is 3. The van der Waals surface area contributed by atoms with Crippen LogP contribution in [0.2, 0.25) is 0 Å². The van der Waals surface area contributed by atoms with Crippen LogP contribution in [0.4, 0.5) is 0 Å². The van der Waals surface area contributed by atoms with Gasteiger partial charge in [-0.05, 0) is 30.9 Å². The molecule has 0 aromatic heterocycles. The van der Waals surface area contributed by atoms with Crippen LogP contribution in [0.1, 0.15) is 24.0 Å². The standard InChI is InChI=1S/C14H20N2OS/c1-10-4-2-3-5-11(10)8-18-9-13(14(15)17)16-12-6-7-12/h2-5,12-13,16H,6-9H2,1H3,(H2,15,17). The van der Waals surface area contributed by atoms with Crippen LogP contribution in [0, 0.1) is 6.92 Å². The number of rotatable bonds is 7. The summed E-state index contributed by atoms with van der Waals surface area (Å²) < 4.78 is 0. The molecule has 0 spiro atoms. The number of hydrogen-bond donors (Lipinski definition) is 2. The van der Waals surface area contributed by atoms with E-state index in [1.165, 1.54) is 24.0 Å². The lowest BCUT2D eigenvalue weighted by Gasteiger charge is -2.14. The minimum Gasteiger partial charge on any atom is -0.368 e. The van der Waals surface area contributed by atoms with E-state index >= 15 is 0 Å². The monoisotopic (exact) mass is 264 g/mol. The van der Waals surface area contributed by atoms with Crippen LogP contribution in [-0.2, 0) is 10.5 Å². The van der Waals surface area contributed by atoms with Crippen LogP contribution in [0.15, 0.2) is 24.3 Å². The summed E-state index contributed by atoms with van der Waals surface area (Å²) in [5.41, 5.74) is 8.04. The summed E-state index contributed by atoms with van der Waals surface area (Å²) >= 11 is 1.76. The zero-order chi connectivity index (χ0) is 13.0. The van der Waals surface area contributed by atoms with Gasteiger partial charge < -0.3 is 11.1 Å². The normalized spacial score (nSPS) is 16.5. The molecule has 4 heteroatoms. The number of nitrogens with one attached hydrogen (secondary N) is 1. The minimum atomic E-state index is -0.237. The lowest BCUT2D eigenvalue weighted by molar-refractivity contribution is -0.119. The number of carbonyl (C=O) groups excluding carboxylic acids is 1. The minimum absolute atomic E-state index is 0.188. The molecule has 0 heterocycles.